The fourth-order valence-electron chi connectivity index (χ4n) is 3.57. The number of aliphatic hydroxyl groups is 1. The van der Waals surface area contributed by atoms with Crippen LogP contribution in [0.1, 0.15) is 24.8 Å². The minimum atomic E-state index is -0.316. The smallest absolute Gasteiger partial charge is 0.227 e. The molecule has 0 aromatic heterocycles. The second kappa shape index (κ2) is 6.75. The zero-order valence-electron chi connectivity index (χ0n) is 12.7. The first-order valence-corrected chi connectivity index (χ1v) is 8.08. The lowest BCUT2D eigenvalue weighted by Gasteiger charge is -2.39. The number of carbonyl (C=O) groups is 1. The summed E-state index contributed by atoms with van der Waals surface area (Å²) in [6.07, 6.45) is 2.92. The number of piperazine rings is 1. The monoisotopic (exact) mass is 306 g/mol. The molecule has 1 N–H and O–H groups in total. The molecule has 2 aliphatic rings. The number of hydrogen-bond acceptors (Lipinski definition) is 3. The van der Waals surface area contributed by atoms with Crippen molar-refractivity contribution in [2.75, 3.05) is 26.2 Å². The third kappa shape index (κ3) is 3.31. The van der Waals surface area contributed by atoms with Gasteiger partial charge in [-0.2, -0.15) is 0 Å². The number of hydrogen-bond donors (Lipinski definition) is 1. The second-order valence-corrected chi connectivity index (χ2v) is 6.25. The molecule has 1 aromatic carbocycles. The van der Waals surface area contributed by atoms with E-state index in [0.29, 0.717) is 18.7 Å². The highest BCUT2D eigenvalue weighted by Gasteiger charge is 2.33. The Kier molecular flexibility index (Phi) is 4.74. The molecule has 1 aliphatic carbocycles. The van der Waals surface area contributed by atoms with Gasteiger partial charge in [-0.1, -0.05) is 18.2 Å². The lowest BCUT2D eigenvalue weighted by molar-refractivity contribution is -0.132. The second-order valence-electron chi connectivity index (χ2n) is 6.25. The fourth-order valence-corrected chi connectivity index (χ4v) is 3.57. The van der Waals surface area contributed by atoms with Crippen molar-refractivity contribution in [2.24, 2.45) is 0 Å². The van der Waals surface area contributed by atoms with E-state index in [1.165, 1.54) is 6.07 Å². The van der Waals surface area contributed by atoms with Crippen LogP contribution in [0.15, 0.2) is 24.3 Å². The minimum Gasteiger partial charge on any atom is -0.391 e. The maximum absolute atomic E-state index is 13.6. The first-order chi connectivity index (χ1) is 10.6. The molecule has 5 heteroatoms. The van der Waals surface area contributed by atoms with Crippen LogP contribution in [-0.4, -0.2) is 59.1 Å². The van der Waals surface area contributed by atoms with Gasteiger partial charge in [-0.25, -0.2) is 4.39 Å². The zero-order valence-corrected chi connectivity index (χ0v) is 12.7. The van der Waals surface area contributed by atoms with Crippen molar-refractivity contribution in [3.63, 3.8) is 0 Å². The highest BCUT2D eigenvalue weighted by molar-refractivity contribution is 5.79. The fraction of sp³-hybridized carbons (Fsp3) is 0.588. The maximum atomic E-state index is 13.6. The Hall–Kier alpha value is -1.46. The van der Waals surface area contributed by atoms with Gasteiger partial charge in [0.15, 0.2) is 0 Å². The van der Waals surface area contributed by atoms with Crippen molar-refractivity contribution in [1.82, 2.24) is 9.80 Å². The van der Waals surface area contributed by atoms with Gasteiger partial charge in [0.05, 0.1) is 12.5 Å². The molecular formula is C17H23FN2O2. The van der Waals surface area contributed by atoms with Crippen LogP contribution >= 0.6 is 0 Å². The van der Waals surface area contributed by atoms with Crippen molar-refractivity contribution in [3.05, 3.63) is 35.6 Å². The van der Waals surface area contributed by atoms with Crippen LogP contribution in [-0.2, 0) is 11.2 Å². The summed E-state index contributed by atoms with van der Waals surface area (Å²) in [5.74, 6) is -0.333. The summed E-state index contributed by atoms with van der Waals surface area (Å²) in [6, 6.07) is 6.70. The molecule has 120 valence electrons. The molecule has 1 aromatic rings. The van der Waals surface area contributed by atoms with Gasteiger partial charge >= 0.3 is 0 Å². The van der Waals surface area contributed by atoms with Crippen LogP contribution in [0.3, 0.4) is 0 Å². The number of halogens is 1. The summed E-state index contributed by atoms with van der Waals surface area (Å²) in [5, 5.41) is 9.98. The molecule has 0 bridgehead atoms. The van der Waals surface area contributed by atoms with Crippen LogP contribution in [0.2, 0.25) is 0 Å². The van der Waals surface area contributed by atoms with E-state index in [2.05, 4.69) is 4.90 Å². The van der Waals surface area contributed by atoms with Crippen LogP contribution in [0.4, 0.5) is 4.39 Å². The topological polar surface area (TPSA) is 43.8 Å². The van der Waals surface area contributed by atoms with Crippen LogP contribution < -0.4 is 0 Å². The average molecular weight is 306 g/mol. The van der Waals surface area contributed by atoms with Crippen molar-refractivity contribution < 1.29 is 14.3 Å². The number of rotatable bonds is 3. The third-order valence-corrected chi connectivity index (χ3v) is 4.88. The van der Waals surface area contributed by atoms with Crippen molar-refractivity contribution in [3.8, 4) is 0 Å². The van der Waals surface area contributed by atoms with Crippen molar-refractivity contribution >= 4 is 5.91 Å². The largest absolute Gasteiger partial charge is 0.391 e. The maximum Gasteiger partial charge on any atom is 0.227 e. The summed E-state index contributed by atoms with van der Waals surface area (Å²) in [5.41, 5.74) is 0.459. The highest BCUT2D eigenvalue weighted by atomic mass is 19.1. The van der Waals surface area contributed by atoms with E-state index in [9.17, 15) is 14.3 Å². The number of aliphatic hydroxyl groups excluding tert-OH is 1. The summed E-state index contributed by atoms with van der Waals surface area (Å²) in [4.78, 5) is 16.4. The van der Waals surface area contributed by atoms with E-state index >= 15 is 0 Å². The quantitative estimate of drug-likeness (QED) is 0.919. The molecule has 0 radical (unpaired) electrons. The summed E-state index contributed by atoms with van der Waals surface area (Å²) < 4.78 is 13.6. The SMILES string of the molecule is O=C(Cc1ccccc1F)N1CCN([C@H]2CCC[C@@H]2O)CC1. The van der Waals surface area contributed by atoms with Crippen LogP contribution in [0.5, 0.6) is 0 Å². The molecule has 1 saturated heterocycles. The minimum absolute atomic E-state index is 0.0169. The van der Waals surface area contributed by atoms with E-state index < -0.39 is 0 Å². The first kappa shape index (κ1) is 15.4. The van der Waals surface area contributed by atoms with E-state index in [0.717, 1.165) is 32.4 Å². The normalized spacial score (nSPS) is 26.4. The molecule has 4 nitrogen and oxygen atoms in total. The Labute approximate surface area is 130 Å². The zero-order chi connectivity index (χ0) is 15.5. The number of benzene rings is 1. The first-order valence-electron chi connectivity index (χ1n) is 8.08. The van der Waals surface area contributed by atoms with Gasteiger partial charge in [0.1, 0.15) is 5.82 Å². The molecule has 0 unspecified atom stereocenters. The molecule has 1 heterocycles. The number of carbonyl (C=O) groups excluding carboxylic acids is 1. The average Bonchev–Trinajstić information content (AvgIpc) is 2.96. The van der Waals surface area contributed by atoms with E-state index in [1.807, 2.05) is 4.90 Å². The molecule has 2 atom stereocenters. The third-order valence-electron chi connectivity index (χ3n) is 4.88. The van der Waals surface area contributed by atoms with Gasteiger partial charge in [0, 0.05) is 32.2 Å². The standard InChI is InChI=1S/C17H23FN2O2/c18-14-5-2-1-4-13(14)12-17(22)20-10-8-19(9-11-20)15-6-3-7-16(15)21/h1-2,4-5,15-16,21H,3,6-12H2/t15-,16-/m0/s1. The Bertz CT molecular complexity index is 529. The lowest BCUT2D eigenvalue weighted by atomic mass is 10.1. The molecule has 1 aliphatic heterocycles. The molecule has 3 rings (SSSR count). The van der Waals surface area contributed by atoms with Gasteiger partial charge in [-0.15, -0.1) is 0 Å². The molecule has 2 fully saturated rings. The Morgan fingerprint density at radius 1 is 1.18 bits per heavy atom. The molecule has 22 heavy (non-hydrogen) atoms. The molecule has 0 spiro atoms. The Balaban J connectivity index is 1.53. The number of nitrogens with zero attached hydrogens (tertiary/aromatic N) is 2. The predicted octanol–water partition coefficient (Wildman–Crippen LogP) is 1.43. The van der Waals surface area contributed by atoms with Gasteiger partial charge < -0.3 is 10.0 Å². The number of amides is 1. The van der Waals surface area contributed by atoms with Crippen LogP contribution in [0, 0.1) is 5.82 Å². The lowest BCUT2D eigenvalue weighted by Crippen LogP contribution is -2.53. The summed E-state index contributed by atoms with van der Waals surface area (Å²) in [7, 11) is 0. The van der Waals surface area contributed by atoms with Crippen molar-refractivity contribution in [1.29, 1.82) is 0 Å². The Morgan fingerprint density at radius 2 is 1.91 bits per heavy atom. The van der Waals surface area contributed by atoms with Gasteiger partial charge in [-0.05, 0) is 30.9 Å². The van der Waals surface area contributed by atoms with Gasteiger partial charge in [0.2, 0.25) is 5.91 Å². The molecule has 1 saturated carbocycles. The Morgan fingerprint density at radius 3 is 2.55 bits per heavy atom. The van der Waals surface area contributed by atoms with E-state index in [4.69, 9.17) is 0 Å². The van der Waals surface area contributed by atoms with Gasteiger partial charge in [-0.3, -0.25) is 9.69 Å². The highest BCUT2D eigenvalue weighted by Crippen LogP contribution is 2.25. The van der Waals surface area contributed by atoms with Crippen molar-refractivity contribution in [2.45, 2.75) is 37.8 Å². The van der Waals surface area contributed by atoms with E-state index in [-0.39, 0.29) is 30.3 Å². The van der Waals surface area contributed by atoms with Gasteiger partial charge in [0.25, 0.3) is 0 Å². The van der Waals surface area contributed by atoms with E-state index in [1.54, 1.807) is 18.2 Å². The summed E-state index contributed by atoms with van der Waals surface area (Å²) in [6.45, 7) is 2.92. The molecular weight excluding hydrogens is 283 g/mol. The van der Waals surface area contributed by atoms with Crippen LogP contribution in [0.25, 0.3) is 0 Å². The molecule has 1 amide bonds. The summed E-state index contributed by atoms with van der Waals surface area (Å²) >= 11 is 0. The predicted molar refractivity (Wildman–Crippen MR) is 81.9 cm³/mol.